The van der Waals surface area contributed by atoms with Crippen molar-refractivity contribution in [3.05, 3.63) is 34.3 Å². The Morgan fingerprint density at radius 3 is 2.90 bits per heavy atom. The van der Waals surface area contributed by atoms with E-state index in [0.29, 0.717) is 18.9 Å². The van der Waals surface area contributed by atoms with Crippen LogP contribution in [-0.2, 0) is 11.8 Å². The number of aromatic amines is 1. The van der Waals surface area contributed by atoms with Crippen molar-refractivity contribution in [1.29, 1.82) is 0 Å². The normalized spacial score (nSPS) is 24.9. The SMILES string of the molecule is Cn1nccc1[C@@H]1C[C@H]1C(=O)N1CC(c2noc(=O)[nH]2)C1. The van der Waals surface area contributed by atoms with Crippen molar-refractivity contribution in [2.45, 2.75) is 18.3 Å². The van der Waals surface area contributed by atoms with Gasteiger partial charge in [0.2, 0.25) is 5.91 Å². The summed E-state index contributed by atoms with van der Waals surface area (Å²) in [5.74, 6) is 0.600. The molecule has 0 aromatic carbocycles. The predicted octanol–water partition coefficient (Wildman–Crippen LogP) is -0.174. The van der Waals surface area contributed by atoms with Gasteiger partial charge in [-0.2, -0.15) is 5.10 Å². The minimum atomic E-state index is -0.548. The molecule has 0 bridgehead atoms. The molecule has 1 aliphatic carbocycles. The van der Waals surface area contributed by atoms with Gasteiger partial charge < -0.3 is 4.90 Å². The first-order chi connectivity index (χ1) is 10.1. The summed E-state index contributed by atoms with van der Waals surface area (Å²) in [7, 11) is 1.90. The lowest BCUT2D eigenvalue weighted by atomic mass is 9.98. The summed E-state index contributed by atoms with van der Waals surface area (Å²) in [5, 5.41) is 7.81. The number of nitrogens with zero attached hydrogens (tertiary/aromatic N) is 4. The summed E-state index contributed by atoms with van der Waals surface area (Å²) in [6.07, 6.45) is 2.65. The van der Waals surface area contributed by atoms with Crippen LogP contribution in [0.15, 0.2) is 21.6 Å². The van der Waals surface area contributed by atoms with E-state index in [1.165, 1.54) is 0 Å². The van der Waals surface area contributed by atoms with Crippen molar-refractivity contribution < 1.29 is 9.32 Å². The Labute approximate surface area is 119 Å². The lowest BCUT2D eigenvalue weighted by Crippen LogP contribution is -2.49. The van der Waals surface area contributed by atoms with Crippen LogP contribution in [0.1, 0.15) is 29.8 Å². The fraction of sp³-hybridized carbons (Fsp3) is 0.538. The van der Waals surface area contributed by atoms with Gasteiger partial charge in [-0.3, -0.25) is 19.0 Å². The summed E-state index contributed by atoms with van der Waals surface area (Å²) < 4.78 is 6.31. The van der Waals surface area contributed by atoms with Crippen LogP contribution in [0.2, 0.25) is 0 Å². The second-order valence-corrected chi connectivity index (χ2v) is 5.75. The van der Waals surface area contributed by atoms with E-state index >= 15 is 0 Å². The highest BCUT2D eigenvalue weighted by atomic mass is 16.5. The second-order valence-electron chi connectivity index (χ2n) is 5.75. The Bertz CT molecular complexity index is 739. The van der Waals surface area contributed by atoms with Gasteiger partial charge in [-0.05, 0) is 12.5 Å². The molecule has 4 rings (SSSR count). The van der Waals surface area contributed by atoms with Gasteiger partial charge in [0.15, 0.2) is 5.82 Å². The number of carbonyl (C=O) groups is 1. The number of nitrogens with one attached hydrogen (secondary N) is 1. The molecule has 1 N–H and O–H groups in total. The van der Waals surface area contributed by atoms with Crippen LogP contribution in [0.25, 0.3) is 0 Å². The first-order valence-electron chi connectivity index (χ1n) is 6.96. The van der Waals surface area contributed by atoms with Gasteiger partial charge in [-0.1, -0.05) is 5.16 Å². The molecular formula is C13H15N5O3. The summed E-state index contributed by atoms with van der Waals surface area (Å²) in [5.41, 5.74) is 1.12. The maximum atomic E-state index is 12.4. The minimum Gasteiger partial charge on any atom is -0.341 e. The molecule has 0 radical (unpaired) electrons. The third-order valence-electron chi connectivity index (χ3n) is 4.38. The number of hydrogen-bond acceptors (Lipinski definition) is 5. The van der Waals surface area contributed by atoms with Crippen LogP contribution < -0.4 is 5.76 Å². The van der Waals surface area contributed by atoms with Crippen molar-refractivity contribution in [2.24, 2.45) is 13.0 Å². The van der Waals surface area contributed by atoms with Crippen LogP contribution in [0, 0.1) is 5.92 Å². The average molecular weight is 289 g/mol. The zero-order valence-electron chi connectivity index (χ0n) is 11.5. The average Bonchev–Trinajstić information content (AvgIpc) is 2.90. The molecule has 0 spiro atoms. The van der Waals surface area contributed by atoms with Crippen LogP contribution in [0.5, 0.6) is 0 Å². The van der Waals surface area contributed by atoms with Gasteiger partial charge in [0.05, 0.1) is 5.92 Å². The monoisotopic (exact) mass is 289 g/mol. The largest absolute Gasteiger partial charge is 0.438 e. The fourth-order valence-electron chi connectivity index (χ4n) is 3.03. The molecule has 2 aliphatic rings. The molecule has 8 nitrogen and oxygen atoms in total. The van der Waals surface area contributed by atoms with E-state index in [9.17, 15) is 9.59 Å². The summed E-state index contributed by atoms with van der Waals surface area (Å²) in [6, 6.07) is 1.97. The minimum absolute atomic E-state index is 0.0673. The number of amides is 1. The number of aryl methyl sites for hydroxylation is 1. The Morgan fingerprint density at radius 2 is 2.29 bits per heavy atom. The quantitative estimate of drug-likeness (QED) is 0.846. The van der Waals surface area contributed by atoms with Gasteiger partial charge >= 0.3 is 5.76 Å². The van der Waals surface area contributed by atoms with E-state index in [2.05, 4.69) is 19.8 Å². The van der Waals surface area contributed by atoms with Gasteiger partial charge in [0.25, 0.3) is 0 Å². The van der Waals surface area contributed by atoms with E-state index in [4.69, 9.17) is 0 Å². The van der Waals surface area contributed by atoms with Gasteiger partial charge in [-0.15, -0.1) is 0 Å². The smallest absolute Gasteiger partial charge is 0.341 e. The molecule has 1 amide bonds. The first kappa shape index (κ1) is 12.4. The standard InChI is InChI=1S/C13H15N5O3/c1-17-10(2-3-14-17)8-4-9(8)12(19)18-5-7(6-18)11-15-13(20)21-16-11/h2-3,7-9H,4-6H2,1H3,(H,15,16,20)/t8-,9-/m1/s1. The molecular weight excluding hydrogens is 274 g/mol. The Kier molecular flexibility index (Phi) is 2.54. The van der Waals surface area contributed by atoms with E-state index in [1.807, 2.05) is 22.7 Å². The Hall–Kier alpha value is -2.38. The van der Waals surface area contributed by atoms with Crippen molar-refractivity contribution in [3.8, 4) is 0 Å². The van der Waals surface area contributed by atoms with Crippen molar-refractivity contribution >= 4 is 5.91 Å². The highest BCUT2D eigenvalue weighted by Crippen LogP contribution is 2.49. The third-order valence-corrected chi connectivity index (χ3v) is 4.38. The summed E-state index contributed by atoms with van der Waals surface area (Å²) in [4.78, 5) is 27.6. The van der Waals surface area contributed by atoms with Crippen molar-refractivity contribution in [1.82, 2.24) is 24.8 Å². The van der Waals surface area contributed by atoms with E-state index in [1.54, 1.807) is 6.20 Å². The van der Waals surface area contributed by atoms with Gasteiger partial charge in [-0.25, -0.2) is 4.79 Å². The molecule has 1 saturated carbocycles. The highest BCUT2D eigenvalue weighted by molar-refractivity contribution is 5.83. The molecule has 8 heteroatoms. The van der Waals surface area contributed by atoms with Gasteiger partial charge in [0.1, 0.15) is 0 Å². The lowest BCUT2D eigenvalue weighted by Gasteiger charge is -2.37. The maximum Gasteiger partial charge on any atom is 0.438 e. The van der Waals surface area contributed by atoms with Gasteiger partial charge in [0, 0.05) is 43.9 Å². The van der Waals surface area contributed by atoms with E-state index in [0.717, 1.165) is 12.1 Å². The zero-order valence-corrected chi connectivity index (χ0v) is 11.5. The molecule has 3 heterocycles. The van der Waals surface area contributed by atoms with E-state index < -0.39 is 5.76 Å². The molecule has 2 aromatic heterocycles. The third kappa shape index (κ3) is 1.98. The second kappa shape index (κ2) is 4.31. The number of aromatic nitrogens is 4. The highest BCUT2D eigenvalue weighted by Gasteiger charge is 2.49. The zero-order chi connectivity index (χ0) is 14.6. The number of H-pyrrole nitrogens is 1. The Morgan fingerprint density at radius 1 is 1.48 bits per heavy atom. The van der Waals surface area contributed by atoms with Crippen LogP contribution >= 0.6 is 0 Å². The summed E-state index contributed by atoms with van der Waals surface area (Å²) in [6.45, 7) is 1.19. The van der Waals surface area contributed by atoms with Crippen LogP contribution in [-0.4, -0.2) is 43.8 Å². The number of hydrogen-bond donors (Lipinski definition) is 1. The van der Waals surface area contributed by atoms with Crippen LogP contribution in [0.3, 0.4) is 0 Å². The molecule has 2 fully saturated rings. The molecule has 2 atom stereocenters. The van der Waals surface area contributed by atoms with Crippen LogP contribution in [0.4, 0.5) is 0 Å². The Balaban J connectivity index is 1.36. The maximum absolute atomic E-state index is 12.4. The van der Waals surface area contributed by atoms with E-state index in [-0.39, 0.29) is 23.7 Å². The molecule has 21 heavy (non-hydrogen) atoms. The topological polar surface area (TPSA) is 97.0 Å². The predicted molar refractivity (Wildman–Crippen MR) is 70.5 cm³/mol. The molecule has 1 aliphatic heterocycles. The molecule has 110 valence electrons. The molecule has 2 aromatic rings. The molecule has 0 unspecified atom stereocenters. The lowest BCUT2D eigenvalue weighted by molar-refractivity contribution is -0.137. The number of rotatable bonds is 3. The summed E-state index contributed by atoms with van der Waals surface area (Å²) >= 11 is 0. The van der Waals surface area contributed by atoms with Crippen molar-refractivity contribution in [3.63, 3.8) is 0 Å². The number of carbonyl (C=O) groups excluding carboxylic acids is 1. The molecule has 1 saturated heterocycles. The number of likely N-dealkylation sites (tertiary alicyclic amines) is 1. The first-order valence-corrected chi connectivity index (χ1v) is 6.96. The fourth-order valence-corrected chi connectivity index (χ4v) is 3.03. The van der Waals surface area contributed by atoms with Crippen molar-refractivity contribution in [2.75, 3.05) is 13.1 Å².